The minimum Gasteiger partial charge on any atom is -0.306 e. The van der Waals surface area contributed by atoms with Crippen LogP contribution in [0.1, 0.15) is 11.3 Å². The maximum atomic E-state index is 13.4. The molecule has 2 N–H and O–H groups in total. The summed E-state index contributed by atoms with van der Waals surface area (Å²) >= 11 is 0. The van der Waals surface area contributed by atoms with Crippen LogP contribution in [0.4, 0.5) is 20.6 Å². The van der Waals surface area contributed by atoms with Crippen molar-refractivity contribution >= 4 is 17.4 Å². The van der Waals surface area contributed by atoms with Crippen molar-refractivity contribution in [1.29, 1.82) is 0 Å². The lowest BCUT2D eigenvalue weighted by molar-refractivity contribution is 0.262. The molecule has 31 heavy (non-hydrogen) atoms. The largest absolute Gasteiger partial charge is 0.323 e. The van der Waals surface area contributed by atoms with Crippen LogP contribution in [-0.2, 0) is 0 Å². The quantitative estimate of drug-likeness (QED) is 0.456. The molecule has 2 amide bonds. The van der Waals surface area contributed by atoms with Gasteiger partial charge < -0.3 is 10.6 Å². The Balaban J connectivity index is 1.42. The highest BCUT2D eigenvalue weighted by molar-refractivity contribution is 5.99. The van der Waals surface area contributed by atoms with Crippen molar-refractivity contribution in [3.05, 3.63) is 90.3 Å². The molecular weight excluding hydrogens is 393 g/mol. The number of benzene rings is 1. The fraction of sp³-hybridized carbons (Fsp3) is 0.0833. The molecule has 0 atom stereocenters. The Morgan fingerprint density at radius 2 is 1.65 bits per heavy atom. The molecule has 0 aliphatic rings. The van der Waals surface area contributed by atoms with Gasteiger partial charge in [-0.05, 0) is 61.9 Å². The average Bonchev–Trinajstić information content (AvgIpc) is 2.74. The number of amides is 2. The SMILES string of the molecule is Cc1cc(-c2ncc(NC(=O)Nc3ccc(-c4cccc(F)c4)nc3)cc2C)ccn1. The van der Waals surface area contributed by atoms with Crippen LogP contribution in [0.2, 0.25) is 0 Å². The Kier molecular flexibility index (Phi) is 5.66. The Bertz CT molecular complexity index is 1240. The summed E-state index contributed by atoms with van der Waals surface area (Å²) in [6.45, 7) is 3.87. The normalized spacial score (nSPS) is 10.5. The molecule has 6 nitrogen and oxygen atoms in total. The molecule has 0 saturated heterocycles. The van der Waals surface area contributed by atoms with Gasteiger partial charge in [0.1, 0.15) is 5.82 Å². The van der Waals surface area contributed by atoms with Gasteiger partial charge in [-0.2, -0.15) is 0 Å². The van der Waals surface area contributed by atoms with E-state index in [1.54, 1.807) is 36.7 Å². The van der Waals surface area contributed by atoms with Crippen molar-refractivity contribution < 1.29 is 9.18 Å². The van der Waals surface area contributed by atoms with Gasteiger partial charge in [0.15, 0.2) is 0 Å². The smallest absolute Gasteiger partial charge is 0.306 e. The zero-order chi connectivity index (χ0) is 21.8. The van der Waals surface area contributed by atoms with Gasteiger partial charge in [0.05, 0.1) is 35.2 Å². The minimum absolute atomic E-state index is 0.324. The summed E-state index contributed by atoms with van der Waals surface area (Å²) in [6, 6.07) is 15.0. The first-order valence-electron chi connectivity index (χ1n) is 9.67. The van der Waals surface area contributed by atoms with Crippen LogP contribution in [0.15, 0.2) is 73.2 Å². The van der Waals surface area contributed by atoms with E-state index in [0.717, 1.165) is 22.5 Å². The first-order chi connectivity index (χ1) is 15.0. The highest BCUT2D eigenvalue weighted by atomic mass is 19.1. The number of pyridine rings is 3. The molecule has 4 aromatic rings. The van der Waals surface area contributed by atoms with Gasteiger partial charge in [0.2, 0.25) is 0 Å². The Hall–Kier alpha value is -4.13. The number of nitrogens with zero attached hydrogens (tertiary/aromatic N) is 3. The fourth-order valence-electron chi connectivity index (χ4n) is 3.22. The third-order valence-electron chi connectivity index (χ3n) is 4.65. The number of carbonyl (C=O) groups excluding carboxylic acids is 1. The Labute approximate surface area is 179 Å². The lowest BCUT2D eigenvalue weighted by atomic mass is 10.1. The molecule has 0 bridgehead atoms. The van der Waals surface area contributed by atoms with Crippen LogP contribution in [0, 0.1) is 19.7 Å². The summed E-state index contributed by atoms with van der Waals surface area (Å²) in [5.41, 5.74) is 6.05. The maximum absolute atomic E-state index is 13.4. The van der Waals surface area contributed by atoms with E-state index in [1.165, 1.54) is 18.3 Å². The van der Waals surface area contributed by atoms with E-state index in [2.05, 4.69) is 25.6 Å². The van der Waals surface area contributed by atoms with Crippen molar-refractivity contribution in [2.45, 2.75) is 13.8 Å². The highest BCUT2D eigenvalue weighted by Crippen LogP contribution is 2.24. The molecule has 154 valence electrons. The number of rotatable bonds is 4. The molecule has 7 heteroatoms. The zero-order valence-corrected chi connectivity index (χ0v) is 17.1. The van der Waals surface area contributed by atoms with Crippen LogP contribution >= 0.6 is 0 Å². The van der Waals surface area contributed by atoms with Gasteiger partial charge in [-0.1, -0.05) is 12.1 Å². The predicted octanol–water partition coefficient (Wildman–Crippen LogP) is 5.61. The van der Waals surface area contributed by atoms with E-state index in [1.807, 2.05) is 32.0 Å². The number of aryl methyl sites for hydroxylation is 2. The van der Waals surface area contributed by atoms with Gasteiger partial charge >= 0.3 is 6.03 Å². The molecule has 0 aliphatic heterocycles. The lowest BCUT2D eigenvalue weighted by Gasteiger charge is -2.11. The van der Waals surface area contributed by atoms with Gasteiger partial charge in [0, 0.05) is 23.0 Å². The molecule has 3 heterocycles. The van der Waals surface area contributed by atoms with Crippen molar-refractivity contribution in [3.8, 4) is 22.5 Å². The minimum atomic E-state index is -0.408. The number of urea groups is 1. The molecule has 3 aromatic heterocycles. The van der Waals surface area contributed by atoms with E-state index in [-0.39, 0.29) is 5.82 Å². The van der Waals surface area contributed by atoms with E-state index >= 15 is 0 Å². The standard InChI is InChI=1S/C24H20FN5O/c1-15-10-21(14-28-23(15)18-8-9-26-16(2)11-18)30-24(31)29-20-6-7-22(27-13-20)17-4-3-5-19(25)12-17/h3-14H,1-2H3,(H2,29,30,31). The van der Waals surface area contributed by atoms with Crippen LogP contribution in [0.3, 0.4) is 0 Å². The summed E-state index contributed by atoms with van der Waals surface area (Å²) in [5, 5.41) is 5.50. The average molecular weight is 413 g/mol. The fourth-order valence-corrected chi connectivity index (χ4v) is 3.22. The Morgan fingerprint density at radius 1 is 0.839 bits per heavy atom. The monoisotopic (exact) mass is 413 g/mol. The first-order valence-corrected chi connectivity index (χ1v) is 9.67. The number of hydrogen-bond acceptors (Lipinski definition) is 4. The van der Waals surface area contributed by atoms with Crippen LogP contribution in [-0.4, -0.2) is 21.0 Å². The number of aromatic nitrogens is 3. The molecule has 0 spiro atoms. The third-order valence-corrected chi connectivity index (χ3v) is 4.65. The molecule has 0 radical (unpaired) electrons. The predicted molar refractivity (Wildman–Crippen MR) is 119 cm³/mol. The van der Waals surface area contributed by atoms with Gasteiger partial charge in [0.25, 0.3) is 0 Å². The summed E-state index contributed by atoms with van der Waals surface area (Å²) in [4.78, 5) is 25.3. The maximum Gasteiger partial charge on any atom is 0.323 e. The summed E-state index contributed by atoms with van der Waals surface area (Å²) in [5.74, 6) is -0.324. The molecule has 0 aliphatic carbocycles. The number of anilines is 2. The first kappa shape index (κ1) is 20.2. The number of hydrogen-bond donors (Lipinski definition) is 2. The third kappa shape index (κ3) is 4.90. The zero-order valence-electron chi connectivity index (χ0n) is 17.1. The molecular formula is C24H20FN5O. The van der Waals surface area contributed by atoms with E-state index in [0.29, 0.717) is 22.6 Å². The number of nitrogens with one attached hydrogen (secondary N) is 2. The highest BCUT2D eigenvalue weighted by Gasteiger charge is 2.09. The van der Waals surface area contributed by atoms with Crippen molar-refractivity contribution in [1.82, 2.24) is 15.0 Å². The molecule has 4 rings (SSSR count). The second kappa shape index (κ2) is 8.71. The van der Waals surface area contributed by atoms with Crippen LogP contribution < -0.4 is 10.6 Å². The van der Waals surface area contributed by atoms with Crippen molar-refractivity contribution in [2.75, 3.05) is 10.6 Å². The number of carbonyl (C=O) groups is 1. The van der Waals surface area contributed by atoms with Crippen LogP contribution in [0.25, 0.3) is 22.5 Å². The lowest BCUT2D eigenvalue weighted by Crippen LogP contribution is -2.19. The summed E-state index contributed by atoms with van der Waals surface area (Å²) in [6.07, 6.45) is 4.89. The molecule has 0 unspecified atom stereocenters. The summed E-state index contributed by atoms with van der Waals surface area (Å²) < 4.78 is 13.4. The second-order valence-corrected chi connectivity index (χ2v) is 7.10. The summed E-state index contributed by atoms with van der Waals surface area (Å²) in [7, 11) is 0. The Morgan fingerprint density at radius 3 is 2.35 bits per heavy atom. The van der Waals surface area contributed by atoms with Gasteiger partial charge in [-0.15, -0.1) is 0 Å². The molecule has 0 fully saturated rings. The van der Waals surface area contributed by atoms with E-state index in [4.69, 9.17) is 0 Å². The number of halogens is 1. The van der Waals surface area contributed by atoms with E-state index in [9.17, 15) is 9.18 Å². The van der Waals surface area contributed by atoms with E-state index < -0.39 is 6.03 Å². The second-order valence-electron chi connectivity index (χ2n) is 7.10. The van der Waals surface area contributed by atoms with Crippen molar-refractivity contribution in [2.24, 2.45) is 0 Å². The van der Waals surface area contributed by atoms with Crippen molar-refractivity contribution in [3.63, 3.8) is 0 Å². The van der Waals surface area contributed by atoms with Gasteiger partial charge in [-0.25, -0.2) is 9.18 Å². The topological polar surface area (TPSA) is 79.8 Å². The molecule has 0 saturated carbocycles. The van der Waals surface area contributed by atoms with Gasteiger partial charge in [-0.3, -0.25) is 15.0 Å². The molecule has 1 aromatic carbocycles. The van der Waals surface area contributed by atoms with Crippen LogP contribution in [0.5, 0.6) is 0 Å².